The van der Waals surface area contributed by atoms with Gasteiger partial charge in [0.15, 0.2) is 0 Å². The van der Waals surface area contributed by atoms with Gasteiger partial charge in [-0.1, -0.05) is 12.2 Å². The quantitative estimate of drug-likeness (QED) is 0.710. The van der Waals surface area contributed by atoms with Crippen LogP contribution in [0.15, 0.2) is 45.7 Å². The number of aliphatic imine (C=N–C) groups is 2. The zero-order valence-corrected chi connectivity index (χ0v) is 12.3. The molecule has 2 amide bonds. The van der Waals surface area contributed by atoms with Crippen LogP contribution in [0.4, 0.5) is 4.79 Å². The lowest BCUT2D eigenvalue weighted by Crippen LogP contribution is -2.55. The number of rotatable bonds is 2. The van der Waals surface area contributed by atoms with Gasteiger partial charge in [-0.25, -0.2) is 4.79 Å². The minimum Gasteiger partial charge on any atom is -0.355 e. The number of urea groups is 1. The molecule has 1 aliphatic heterocycles. The van der Waals surface area contributed by atoms with Gasteiger partial charge < -0.3 is 10.4 Å². The SMILES string of the molecule is C/C=C(\C)N1C(=O)NC(NC2=CCC(=NC)C=C2)=NC1O. The minimum atomic E-state index is -1.24. The second-order valence-corrected chi connectivity index (χ2v) is 4.59. The van der Waals surface area contributed by atoms with Gasteiger partial charge in [-0.15, -0.1) is 0 Å². The molecule has 1 atom stereocenters. The van der Waals surface area contributed by atoms with Crippen LogP contribution in [0, 0.1) is 0 Å². The third kappa shape index (κ3) is 3.38. The smallest absolute Gasteiger partial charge is 0.332 e. The van der Waals surface area contributed by atoms with Crippen LogP contribution in [0.2, 0.25) is 0 Å². The normalized spacial score (nSPS) is 24.7. The van der Waals surface area contributed by atoms with Crippen molar-refractivity contribution in [1.82, 2.24) is 15.5 Å². The van der Waals surface area contributed by atoms with Gasteiger partial charge >= 0.3 is 6.03 Å². The highest BCUT2D eigenvalue weighted by Gasteiger charge is 2.28. The number of carbonyl (C=O) groups is 1. The third-order valence-electron chi connectivity index (χ3n) is 3.25. The molecule has 2 aliphatic rings. The number of hydrogen-bond acceptors (Lipinski definition) is 5. The number of nitrogens with one attached hydrogen (secondary N) is 2. The average molecular weight is 289 g/mol. The number of nitrogens with zero attached hydrogens (tertiary/aromatic N) is 3. The van der Waals surface area contributed by atoms with Crippen molar-refractivity contribution in [3.63, 3.8) is 0 Å². The van der Waals surface area contributed by atoms with Crippen LogP contribution >= 0.6 is 0 Å². The van der Waals surface area contributed by atoms with E-state index in [4.69, 9.17) is 0 Å². The number of aliphatic hydroxyl groups excluding tert-OH is 1. The highest BCUT2D eigenvalue weighted by atomic mass is 16.3. The molecule has 2 rings (SSSR count). The fourth-order valence-electron chi connectivity index (χ4n) is 1.95. The molecular weight excluding hydrogens is 270 g/mol. The fraction of sp³-hybridized carbons (Fsp3) is 0.357. The van der Waals surface area contributed by atoms with Gasteiger partial charge in [0, 0.05) is 30.6 Å². The molecule has 1 aliphatic carbocycles. The summed E-state index contributed by atoms with van der Waals surface area (Å²) < 4.78 is 0. The van der Waals surface area contributed by atoms with Crippen molar-refractivity contribution in [2.75, 3.05) is 7.05 Å². The Labute approximate surface area is 123 Å². The monoisotopic (exact) mass is 289 g/mol. The maximum Gasteiger partial charge on any atom is 0.332 e. The largest absolute Gasteiger partial charge is 0.355 e. The van der Waals surface area contributed by atoms with Gasteiger partial charge in [-0.2, -0.15) is 4.99 Å². The van der Waals surface area contributed by atoms with E-state index in [2.05, 4.69) is 20.6 Å². The van der Waals surface area contributed by atoms with Crippen LogP contribution in [0.5, 0.6) is 0 Å². The van der Waals surface area contributed by atoms with Crippen molar-refractivity contribution in [2.24, 2.45) is 9.98 Å². The molecule has 0 aromatic heterocycles. The van der Waals surface area contributed by atoms with Crippen LogP contribution in [0.3, 0.4) is 0 Å². The van der Waals surface area contributed by atoms with Crippen molar-refractivity contribution in [3.05, 3.63) is 35.7 Å². The fourth-order valence-corrected chi connectivity index (χ4v) is 1.95. The summed E-state index contributed by atoms with van der Waals surface area (Å²) in [5, 5.41) is 15.5. The first kappa shape index (κ1) is 15.0. The van der Waals surface area contributed by atoms with E-state index in [0.29, 0.717) is 12.1 Å². The number of aliphatic hydroxyl groups is 1. The molecule has 0 radical (unpaired) electrons. The molecule has 0 aromatic carbocycles. The Morgan fingerprint density at radius 1 is 1.62 bits per heavy atom. The number of hydrogen-bond donors (Lipinski definition) is 3. The van der Waals surface area contributed by atoms with Crippen LogP contribution in [0.1, 0.15) is 20.3 Å². The van der Waals surface area contributed by atoms with Gasteiger partial charge in [-0.05, 0) is 26.0 Å². The number of amides is 2. The predicted octanol–water partition coefficient (Wildman–Crippen LogP) is 1.07. The van der Waals surface area contributed by atoms with Crippen molar-refractivity contribution >= 4 is 17.7 Å². The first-order chi connectivity index (χ1) is 10.0. The molecule has 0 saturated carbocycles. The van der Waals surface area contributed by atoms with Crippen LogP contribution < -0.4 is 10.6 Å². The summed E-state index contributed by atoms with van der Waals surface area (Å²) in [6, 6.07) is -0.424. The summed E-state index contributed by atoms with van der Waals surface area (Å²) in [4.78, 5) is 21.3. The second-order valence-electron chi connectivity index (χ2n) is 4.59. The van der Waals surface area contributed by atoms with E-state index < -0.39 is 12.4 Å². The molecule has 1 unspecified atom stereocenters. The van der Waals surface area contributed by atoms with Crippen molar-refractivity contribution < 1.29 is 9.90 Å². The molecular formula is C14H19N5O2. The van der Waals surface area contributed by atoms with E-state index >= 15 is 0 Å². The summed E-state index contributed by atoms with van der Waals surface area (Å²) >= 11 is 0. The first-order valence-corrected chi connectivity index (χ1v) is 6.65. The Bertz CT molecular complexity index is 586. The number of allylic oxidation sites excluding steroid dienone is 5. The molecule has 0 bridgehead atoms. The van der Waals surface area contributed by atoms with Crippen LogP contribution in [0.25, 0.3) is 0 Å². The van der Waals surface area contributed by atoms with E-state index in [-0.39, 0.29) is 5.96 Å². The van der Waals surface area contributed by atoms with E-state index in [1.54, 1.807) is 27.0 Å². The summed E-state index contributed by atoms with van der Waals surface area (Å²) in [7, 11) is 1.74. The molecule has 21 heavy (non-hydrogen) atoms. The summed E-state index contributed by atoms with van der Waals surface area (Å²) in [6.45, 7) is 3.52. The summed E-state index contributed by atoms with van der Waals surface area (Å²) in [5.41, 5.74) is 2.40. The molecule has 1 heterocycles. The maximum absolute atomic E-state index is 12.0. The van der Waals surface area contributed by atoms with E-state index in [9.17, 15) is 9.90 Å². The molecule has 112 valence electrons. The molecule has 0 saturated heterocycles. The zero-order chi connectivity index (χ0) is 15.4. The number of guanidine groups is 1. The highest BCUT2D eigenvalue weighted by Crippen LogP contribution is 2.13. The van der Waals surface area contributed by atoms with Crippen molar-refractivity contribution in [3.8, 4) is 0 Å². The van der Waals surface area contributed by atoms with E-state index in [0.717, 1.165) is 11.4 Å². The molecule has 0 fully saturated rings. The Morgan fingerprint density at radius 3 is 2.90 bits per heavy atom. The van der Waals surface area contributed by atoms with E-state index in [1.165, 1.54) is 4.90 Å². The minimum absolute atomic E-state index is 0.223. The Morgan fingerprint density at radius 2 is 2.38 bits per heavy atom. The topological polar surface area (TPSA) is 89.3 Å². The molecule has 0 aromatic rings. The Hall–Kier alpha value is -2.41. The summed E-state index contributed by atoms with van der Waals surface area (Å²) in [6.07, 6.45) is 6.87. The van der Waals surface area contributed by atoms with Gasteiger partial charge in [-0.3, -0.25) is 15.2 Å². The van der Waals surface area contributed by atoms with Crippen LogP contribution in [-0.2, 0) is 0 Å². The van der Waals surface area contributed by atoms with Crippen molar-refractivity contribution in [2.45, 2.75) is 26.6 Å². The number of carbonyl (C=O) groups excluding carboxylic acids is 1. The highest BCUT2D eigenvalue weighted by molar-refractivity contribution is 6.01. The lowest BCUT2D eigenvalue weighted by atomic mass is 10.1. The van der Waals surface area contributed by atoms with Gasteiger partial charge in [0.25, 0.3) is 0 Å². The third-order valence-corrected chi connectivity index (χ3v) is 3.25. The zero-order valence-electron chi connectivity index (χ0n) is 12.3. The summed E-state index contributed by atoms with van der Waals surface area (Å²) in [5.74, 6) is 0.223. The van der Waals surface area contributed by atoms with Gasteiger partial charge in [0.2, 0.25) is 12.3 Å². The standard InChI is InChI=1S/C14H19N5O2/c1-4-9(2)19-13(20)17-12(18-14(19)21)16-11-7-5-10(15-3)6-8-11/h4-5,7-8,13,20H,6H2,1-3H3,(H2,16,17,18,21)/b9-4+,15-10?. The molecule has 3 N–H and O–H groups in total. The Kier molecular flexibility index (Phi) is 4.54. The average Bonchev–Trinajstić information content (AvgIpc) is 2.47. The van der Waals surface area contributed by atoms with E-state index in [1.807, 2.05) is 18.2 Å². The predicted molar refractivity (Wildman–Crippen MR) is 81.6 cm³/mol. The van der Waals surface area contributed by atoms with Gasteiger partial charge in [0.1, 0.15) is 0 Å². The van der Waals surface area contributed by atoms with Crippen LogP contribution in [-0.4, -0.2) is 41.1 Å². The lowest BCUT2D eigenvalue weighted by Gasteiger charge is -2.31. The molecule has 7 nitrogen and oxygen atoms in total. The molecule has 0 spiro atoms. The van der Waals surface area contributed by atoms with Crippen molar-refractivity contribution in [1.29, 1.82) is 0 Å². The lowest BCUT2D eigenvalue weighted by molar-refractivity contribution is 0.0549. The molecule has 7 heteroatoms. The second kappa shape index (κ2) is 6.36. The Balaban J connectivity index is 2.08. The van der Waals surface area contributed by atoms with Gasteiger partial charge in [0.05, 0.1) is 0 Å². The maximum atomic E-state index is 12.0. The first-order valence-electron chi connectivity index (χ1n) is 6.65.